The number of pyridine rings is 5. The van der Waals surface area contributed by atoms with Crippen LogP contribution in [0.2, 0.25) is 0 Å². The minimum Gasteiger partial charge on any atom is -1.00 e. The molecule has 0 atom stereocenters. The maximum atomic E-state index is 5.32. The van der Waals surface area contributed by atoms with E-state index < -0.39 is 0 Å². The number of hydrogen-bond acceptors (Lipinski definition) is 6. The minimum atomic E-state index is 0. The van der Waals surface area contributed by atoms with Gasteiger partial charge in [-0.05, 0) is 60.7 Å². The molecule has 0 bridgehead atoms. The summed E-state index contributed by atoms with van der Waals surface area (Å²) in [6.45, 7) is 0. The molecule has 6 nitrogen and oxygen atoms in total. The van der Waals surface area contributed by atoms with Gasteiger partial charge in [-0.2, -0.15) is 0 Å². The van der Waals surface area contributed by atoms with Crippen LogP contribution in [-0.2, 0) is 19.5 Å². The Balaban J connectivity index is 0.000000476. The molecule has 0 fully saturated rings. The zero-order valence-corrected chi connectivity index (χ0v) is 21.2. The number of nitrogens with zero attached hydrogens (tertiary/aromatic N) is 5. The van der Waals surface area contributed by atoms with Gasteiger partial charge in [0.25, 0.3) is 0 Å². The second-order valence-corrected chi connectivity index (χ2v) is 6.14. The summed E-state index contributed by atoms with van der Waals surface area (Å²) in [6.07, 6.45) is 10.4. The molecule has 5 rings (SSSR count). The van der Waals surface area contributed by atoms with E-state index in [1.807, 2.05) is 72.8 Å². The largest absolute Gasteiger partial charge is 2.00 e. The fourth-order valence-corrected chi connectivity index (χ4v) is 2.42. The van der Waals surface area contributed by atoms with Gasteiger partial charge in [0.15, 0.2) is 0 Å². The molecule has 0 aliphatic rings. The average molecular weight is 578 g/mol. The van der Waals surface area contributed by atoms with E-state index in [0.29, 0.717) is 0 Å². The van der Waals surface area contributed by atoms with Crippen molar-refractivity contribution >= 4 is 5.69 Å². The normalized spacial score (nSPS) is 8.59. The Bertz CT molecular complexity index is 975. The predicted molar refractivity (Wildman–Crippen MR) is 124 cm³/mol. The van der Waals surface area contributed by atoms with Gasteiger partial charge >= 0.3 is 19.5 Å². The molecule has 0 aliphatic carbocycles. The molecule has 0 amide bonds. The van der Waals surface area contributed by atoms with Crippen molar-refractivity contribution < 1.29 is 44.3 Å². The van der Waals surface area contributed by atoms with Gasteiger partial charge in [0.05, 0.1) is 22.8 Å². The maximum Gasteiger partial charge on any atom is 2.00 e. The van der Waals surface area contributed by atoms with Crippen LogP contribution >= 0.6 is 0 Å². The number of nitrogens with two attached hydrogens (primary N) is 1. The Hall–Kier alpha value is -3.25. The van der Waals surface area contributed by atoms with Crippen LogP contribution in [-0.4, -0.2) is 24.9 Å². The van der Waals surface area contributed by atoms with Crippen LogP contribution in [0.4, 0.5) is 5.69 Å². The van der Waals surface area contributed by atoms with Gasteiger partial charge in [0.2, 0.25) is 0 Å². The van der Waals surface area contributed by atoms with Crippen molar-refractivity contribution in [1.29, 1.82) is 0 Å². The number of halogens is 2. The third kappa shape index (κ3) is 11.1. The Morgan fingerprint density at radius 2 is 0.706 bits per heavy atom. The summed E-state index contributed by atoms with van der Waals surface area (Å²) >= 11 is 0. The first kappa shape index (κ1) is 30.8. The summed E-state index contributed by atoms with van der Waals surface area (Å²) in [6, 6.07) is 26.7. The summed E-state index contributed by atoms with van der Waals surface area (Å²) in [4.78, 5) is 20.5. The molecular weight excluding hydrogens is 556 g/mol. The van der Waals surface area contributed by atoms with E-state index in [4.69, 9.17) is 5.73 Å². The summed E-state index contributed by atoms with van der Waals surface area (Å²) < 4.78 is 0. The van der Waals surface area contributed by atoms with E-state index >= 15 is 0 Å². The van der Waals surface area contributed by atoms with Gasteiger partial charge in [-0.15, -0.1) is 0 Å². The predicted octanol–water partition coefficient (Wildman–Crippen LogP) is -1.04. The standard InChI is InChI=1S/2C10H8N2.C5H6N2.2ClH.Ru/c2*1-3-7-11-9(5-1)10-6-2-4-8-12-10;6-5-1-3-7-4-2-5;;;/h2*1-8H;1-4H,(H2,6,7);2*1H;/q;;;;;+2/p-2. The van der Waals surface area contributed by atoms with Crippen molar-refractivity contribution in [2.75, 3.05) is 5.73 Å². The van der Waals surface area contributed by atoms with E-state index in [1.54, 1.807) is 49.3 Å². The second kappa shape index (κ2) is 18.2. The van der Waals surface area contributed by atoms with Gasteiger partial charge in [-0.25, -0.2) is 0 Å². The number of aromatic nitrogens is 5. The number of hydrogen-bond donors (Lipinski definition) is 1. The molecule has 0 radical (unpaired) electrons. The van der Waals surface area contributed by atoms with E-state index in [1.165, 1.54) is 0 Å². The Morgan fingerprint density at radius 3 is 0.882 bits per heavy atom. The van der Waals surface area contributed by atoms with Gasteiger partial charge in [0, 0.05) is 42.9 Å². The summed E-state index contributed by atoms with van der Waals surface area (Å²) in [7, 11) is 0. The first-order chi connectivity index (χ1) is 15.3. The third-order valence-electron chi connectivity index (χ3n) is 3.89. The average Bonchev–Trinajstić information content (AvgIpc) is 2.87. The Morgan fingerprint density at radius 1 is 0.412 bits per heavy atom. The topological polar surface area (TPSA) is 90.5 Å². The molecule has 5 heterocycles. The molecule has 9 heteroatoms. The molecule has 174 valence electrons. The zero-order valence-electron chi connectivity index (χ0n) is 18.0. The van der Waals surface area contributed by atoms with Gasteiger partial charge < -0.3 is 30.5 Å². The van der Waals surface area contributed by atoms with Crippen molar-refractivity contribution in [2.45, 2.75) is 0 Å². The maximum absolute atomic E-state index is 5.32. The summed E-state index contributed by atoms with van der Waals surface area (Å²) in [5.41, 5.74) is 9.74. The molecule has 2 N–H and O–H groups in total. The van der Waals surface area contributed by atoms with Crippen LogP contribution in [0.15, 0.2) is 122 Å². The van der Waals surface area contributed by atoms with E-state index in [-0.39, 0.29) is 44.3 Å². The third-order valence-corrected chi connectivity index (χ3v) is 3.89. The van der Waals surface area contributed by atoms with E-state index in [2.05, 4.69) is 24.9 Å². The quantitative estimate of drug-likeness (QED) is 0.269. The number of nitrogen functional groups attached to an aromatic ring is 1. The van der Waals surface area contributed by atoms with Crippen LogP contribution in [0.1, 0.15) is 0 Å². The van der Waals surface area contributed by atoms with Crippen LogP contribution in [0.25, 0.3) is 22.8 Å². The molecule has 0 saturated carbocycles. The van der Waals surface area contributed by atoms with Gasteiger partial charge in [0.1, 0.15) is 0 Å². The smallest absolute Gasteiger partial charge is 1.00 e. The number of rotatable bonds is 2. The molecule has 5 aromatic rings. The van der Waals surface area contributed by atoms with Gasteiger partial charge in [-0.3, -0.25) is 24.9 Å². The molecule has 5 aromatic heterocycles. The summed E-state index contributed by atoms with van der Waals surface area (Å²) in [5.74, 6) is 0. The molecule has 0 saturated heterocycles. The molecular formula is C25H22Cl2N6Ru. The Labute approximate surface area is 224 Å². The zero-order chi connectivity index (χ0) is 21.6. The first-order valence-electron chi connectivity index (χ1n) is 9.63. The van der Waals surface area contributed by atoms with Crippen LogP contribution in [0, 0.1) is 0 Å². The fourth-order valence-electron chi connectivity index (χ4n) is 2.42. The monoisotopic (exact) mass is 578 g/mol. The molecule has 34 heavy (non-hydrogen) atoms. The van der Waals surface area contributed by atoms with Crippen molar-refractivity contribution in [3.63, 3.8) is 0 Å². The van der Waals surface area contributed by atoms with Crippen molar-refractivity contribution in [2.24, 2.45) is 0 Å². The van der Waals surface area contributed by atoms with E-state index in [0.717, 1.165) is 28.5 Å². The van der Waals surface area contributed by atoms with E-state index in [9.17, 15) is 0 Å². The molecule has 0 aliphatic heterocycles. The van der Waals surface area contributed by atoms with Crippen molar-refractivity contribution in [1.82, 2.24) is 24.9 Å². The fraction of sp³-hybridized carbons (Fsp3) is 0. The van der Waals surface area contributed by atoms with Crippen LogP contribution in [0.5, 0.6) is 0 Å². The number of anilines is 1. The molecule has 0 unspecified atom stereocenters. The summed E-state index contributed by atoms with van der Waals surface area (Å²) in [5, 5.41) is 0. The Kier molecular flexibility index (Phi) is 16.5. The molecule has 0 spiro atoms. The van der Waals surface area contributed by atoms with Gasteiger partial charge in [-0.1, -0.05) is 24.3 Å². The second-order valence-electron chi connectivity index (χ2n) is 6.14. The first-order valence-corrected chi connectivity index (χ1v) is 9.63. The van der Waals surface area contributed by atoms with Crippen molar-refractivity contribution in [3.8, 4) is 22.8 Å². The minimum absolute atomic E-state index is 0. The van der Waals surface area contributed by atoms with Crippen LogP contribution in [0.3, 0.4) is 0 Å². The van der Waals surface area contributed by atoms with Crippen LogP contribution < -0.4 is 30.5 Å². The van der Waals surface area contributed by atoms with Crippen molar-refractivity contribution in [3.05, 3.63) is 122 Å². The molecule has 0 aromatic carbocycles. The SMILES string of the molecule is Nc1ccncc1.[Cl-].[Cl-].[Ru+2].c1ccc(-c2ccccn2)nc1.c1ccc(-c2ccccn2)nc1.